The highest BCUT2D eigenvalue weighted by molar-refractivity contribution is 9.10. The highest BCUT2D eigenvalue weighted by atomic mass is 79.9. The van der Waals surface area contributed by atoms with E-state index in [0.29, 0.717) is 17.9 Å². The molecule has 1 aliphatic heterocycles. The van der Waals surface area contributed by atoms with Crippen LogP contribution < -0.4 is 5.32 Å². The number of ketones is 1. The van der Waals surface area contributed by atoms with E-state index in [0.717, 1.165) is 36.3 Å². The highest BCUT2D eigenvalue weighted by Crippen LogP contribution is 2.29. The van der Waals surface area contributed by atoms with Crippen LogP contribution in [0.1, 0.15) is 22.0 Å². The normalized spacial score (nSPS) is 17.5. The number of Topliss-reactive ketones (excluding diaryl/α,β-unsaturated/α-hetero) is 1. The molecular formula is C21H16Br2N4O2. The van der Waals surface area contributed by atoms with Crippen molar-refractivity contribution in [3.05, 3.63) is 68.9 Å². The van der Waals surface area contributed by atoms with Gasteiger partial charge in [-0.3, -0.25) is 9.79 Å². The SMILES string of the molecule is O=C(c1c[nH]c2cc(Br)ccc12)[C@@H](O)C1=NC[C@H](c2c[nH]c3cc(Br)ccc23)N1. The Morgan fingerprint density at radius 2 is 1.69 bits per heavy atom. The second-order valence-electron chi connectivity index (χ2n) is 7.02. The van der Waals surface area contributed by atoms with E-state index in [1.165, 1.54) is 0 Å². The lowest BCUT2D eigenvalue weighted by atomic mass is 10.0. The number of nitrogens with one attached hydrogen (secondary N) is 3. The van der Waals surface area contributed by atoms with Crippen molar-refractivity contribution >= 4 is 65.3 Å². The molecule has 0 amide bonds. The number of hydrogen-bond donors (Lipinski definition) is 4. The second kappa shape index (κ2) is 7.12. The molecule has 0 saturated carbocycles. The number of aromatic amines is 2. The molecule has 3 heterocycles. The summed E-state index contributed by atoms with van der Waals surface area (Å²) in [5, 5.41) is 15.8. The molecule has 0 bridgehead atoms. The van der Waals surface area contributed by atoms with Crippen LogP contribution in [0.2, 0.25) is 0 Å². The topological polar surface area (TPSA) is 93.3 Å². The van der Waals surface area contributed by atoms with E-state index in [-0.39, 0.29) is 11.8 Å². The minimum atomic E-state index is -1.33. The number of aliphatic imine (C=N–C) groups is 1. The number of halogens is 2. The Balaban J connectivity index is 1.38. The molecule has 2 atom stereocenters. The summed E-state index contributed by atoms with van der Waals surface area (Å²) >= 11 is 6.89. The fourth-order valence-electron chi connectivity index (χ4n) is 3.78. The van der Waals surface area contributed by atoms with Gasteiger partial charge in [-0.1, -0.05) is 44.0 Å². The molecule has 2 aromatic carbocycles. The number of aromatic nitrogens is 2. The van der Waals surface area contributed by atoms with Crippen molar-refractivity contribution in [3.63, 3.8) is 0 Å². The molecule has 0 spiro atoms. The largest absolute Gasteiger partial charge is 0.377 e. The summed E-state index contributed by atoms with van der Waals surface area (Å²) in [4.78, 5) is 23.7. The Kier molecular flexibility index (Phi) is 4.57. The third-order valence-electron chi connectivity index (χ3n) is 5.23. The van der Waals surface area contributed by atoms with Gasteiger partial charge in [-0.15, -0.1) is 0 Å². The first-order valence-corrected chi connectivity index (χ1v) is 10.7. The molecule has 0 fully saturated rings. The number of rotatable bonds is 4. The number of H-pyrrole nitrogens is 2. The molecule has 146 valence electrons. The van der Waals surface area contributed by atoms with Gasteiger partial charge in [-0.05, 0) is 24.3 Å². The molecule has 0 radical (unpaired) electrons. The lowest BCUT2D eigenvalue weighted by molar-refractivity contribution is 0.0842. The fourth-order valence-corrected chi connectivity index (χ4v) is 4.51. The van der Waals surface area contributed by atoms with Crippen LogP contribution in [0.4, 0.5) is 0 Å². The summed E-state index contributed by atoms with van der Waals surface area (Å²) in [5.74, 6) is -0.0775. The van der Waals surface area contributed by atoms with Crippen molar-refractivity contribution in [2.45, 2.75) is 12.1 Å². The first-order chi connectivity index (χ1) is 14.0. The van der Waals surface area contributed by atoms with Gasteiger partial charge < -0.3 is 20.4 Å². The summed E-state index contributed by atoms with van der Waals surface area (Å²) < 4.78 is 1.92. The molecule has 0 saturated heterocycles. The van der Waals surface area contributed by atoms with Crippen LogP contribution in [-0.4, -0.2) is 39.3 Å². The smallest absolute Gasteiger partial charge is 0.201 e. The van der Waals surface area contributed by atoms with Crippen LogP contribution >= 0.6 is 31.9 Å². The number of aliphatic hydroxyl groups is 1. The van der Waals surface area contributed by atoms with Crippen LogP contribution in [0.5, 0.6) is 0 Å². The number of benzene rings is 2. The lowest BCUT2D eigenvalue weighted by Gasteiger charge is -2.14. The van der Waals surface area contributed by atoms with Gasteiger partial charge in [0.1, 0.15) is 5.84 Å². The first kappa shape index (κ1) is 18.6. The molecule has 5 rings (SSSR count). The Bertz CT molecular complexity index is 1290. The molecular weight excluding hydrogens is 500 g/mol. The predicted molar refractivity (Wildman–Crippen MR) is 121 cm³/mol. The fraction of sp³-hybridized carbons (Fsp3) is 0.143. The number of carbonyl (C=O) groups is 1. The third kappa shape index (κ3) is 3.21. The molecule has 4 aromatic rings. The molecule has 8 heteroatoms. The average molecular weight is 516 g/mol. The number of carbonyl (C=O) groups excluding carboxylic acids is 1. The summed E-state index contributed by atoms with van der Waals surface area (Å²) in [6.07, 6.45) is 2.24. The summed E-state index contributed by atoms with van der Waals surface area (Å²) in [7, 11) is 0. The minimum Gasteiger partial charge on any atom is -0.377 e. The second-order valence-corrected chi connectivity index (χ2v) is 8.85. The number of hydrogen-bond acceptors (Lipinski definition) is 4. The van der Waals surface area contributed by atoms with Gasteiger partial charge in [0.2, 0.25) is 5.78 Å². The third-order valence-corrected chi connectivity index (χ3v) is 6.22. The van der Waals surface area contributed by atoms with E-state index in [1.807, 2.05) is 42.6 Å². The van der Waals surface area contributed by atoms with Crippen molar-refractivity contribution in [2.24, 2.45) is 4.99 Å². The van der Waals surface area contributed by atoms with Crippen molar-refractivity contribution in [1.29, 1.82) is 0 Å². The summed E-state index contributed by atoms with van der Waals surface area (Å²) in [5.41, 5.74) is 3.36. The van der Waals surface area contributed by atoms with Gasteiger partial charge in [0.25, 0.3) is 0 Å². The summed E-state index contributed by atoms with van der Waals surface area (Å²) in [6, 6.07) is 11.6. The molecule has 6 nitrogen and oxygen atoms in total. The van der Waals surface area contributed by atoms with Crippen LogP contribution in [0.3, 0.4) is 0 Å². The van der Waals surface area contributed by atoms with E-state index in [2.05, 4.69) is 52.1 Å². The van der Waals surface area contributed by atoms with Gasteiger partial charge in [-0.25, -0.2) is 0 Å². The Morgan fingerprint density at radius 1 is 1.03 bits per heavy atom. The van der Waals surface area contributed by atoms with Crippen LogP contribution in [-0.2, 0) is 0 Å². The van der Waals surface area contributed by atoms with Crippen molar-refractivity contribution in [3.8, 4) is 0 Å². The van der Waals surface area contributed by atoms with Crippen LogP contribution in [0.15, 0.2) is 62.7 Å². The number of nitrogens with zero attached hydrogens (tertiary/aromatic N) is 1. The van der Waals surface area contributed by atoms with Gasteiger partial charge in [0, 0.05) is 54.3 Å². The zero-order chi connectivity index (χ0) is 20.1. The molecule has 2 aromatic heterocycles. The monoisotopic (exact) mass is 514 g/mol. The molecule has 4 N–H and O–H groups in total. The first-order valence-electron chi connectivity index (χ1n) is 9.07. The lowest BCUT2D eigenvalue weighted by Crippen LogP contribution is -2.38. The standard InChI is InChI=1S/C21H16Br2N4O2/c22-10-1-3-12-14(7-24-16(12)5-10)18-9-26-21(27-18)20(29)19(28)15-8-25-17-6-11(23)2-4-13(15)17/h1-8,18,20,24-25,29H,9H2,(H,26,27)/t18-,20-/m1/s1. The van der Waals surface area contributed by atoms with Gasteiger partial charge >= 0.3 is 0 Å². The number of fused-ring (bicyclic) bond motifs is 2. The Hall–Kier alpha value is -2.42. The Morgan fingerprint density at radius 3 is 2.45 bits per heavy atom. The summed E-state index contributed by atoms with van der Waals surface area (Å²) in [6.45, 7) is 0.462. The van der Waals surface area contributed by atoms with E-state index in [1.54, 1.807) is 6.20 Å². The van der Waals surface area contributed by atoms with E-state index >= 15 is 0 Å². The van der Waals surface area contributed by atoms with Gasteiger partial charge in [0.15, 0.2) is 6.10 Å². The van der Waals surface area contributed by atoms with E-state index in [9.17, 15) is 9.90 Å². The Labute approximate surface area is 182 Å². The van der Waals surface area contributed by atoms with Crippen LogP contribution in [0, 0.1) is 0 Å². The minimum absolute atomic E-state index is 0.0960. The van der Waals surface area contributed by atoms with Gasteiger partial charge in [-0.2, -0.15) is 0 Å². The van der Waals surface area contributed by atoms with E-state index < -0.39 is 6.10 Å². The maximum Gasteiger partial charge on any atom is 0.201 e. The quantitative estimate of drug-likeness (QED) is 0.302. The molecule has 1 aliphatic rings. The van der Waals surface area contributed by atoms with Gasteiger partial charge in [0.05, 0.1) is 12.6 Å². The number of aliphatic hydroxyl groups excluding tert-OH is 1. The van der Waals surface area contributed by atoms with Crippen molar-refractivity contribution < 1.29 is 9.90 Å². The number of amidine groups is 1. The van der Waals surface area contributed by atoms with Crippen molar-refractivity contribution in [1.82, 2.24) is 15.3 Å². The highest BCUT2D eigenvalue weighted by Gasteiger charge is 2.31. The average Bonchev–Trinajstić information content (AvgIpc) is 3.43. The van der Waals surface area contributed by atoms with Crippen LogP contribution in [0.25, 0.3) is 21.8 Å². The maximum absolute atomic E-state index is 12.9. The molecule has 0 unspecified atom stereocenters. The zero-order valence-corrected chi connectivity index (χ0v) is 18.2. The van der Waals surface area contributed by atoms with Crippen molar-refractivity contribution in [2.75, 3.05) is 6.54 Å². The zero-order valence-electron chi connectivity index (χ0n) is 15.0. The molecule has 0 aliphatic carbocycles. The predicted octanol–water partition coefficient (Wildman–Crippen LogP) is 4.46. The van der Waals surface area contributed by atoms with E-state index in [4.69, 9.17) is 0 Å². The maximum atomic E-state index is 12.9. The molecule has 29 heavy (non-hydrogen) atoms.